The summed E-state index contributed by atoms with van der Waals surface area (Å²) in [6.45, 7) is 3.20. The SMILES string of the molecule is CCn1c(SCC(=O)NCc2ccc(OC)cc2)nnc1-c1cccc(OC)c1. The minimum atomic E-state index is -0.0561. The molecule has 0 saturated heterocycles. The van der Waals surface area contributed by atoms with E-state index < -0.39 is 0 Å². The number of nitrogens with one attached hydrogen (secondary N) is 1. The highest BCUT2D eigenvalue weighted by atomic mass is 32.2. The van der Waals surface area contributed by atoms with Gasteiger partial charge in [0.25, 0.3) is 0 Å². The van der Waals surface area contributed by atoms with Gasteiger partial charge in [-0.1, -0.05) is 36.0 Å². The third kappa shape index (κ3) is 5.29. The Kier molecular flexibility index (Phi) is 7.13. The summed E-state index contributed by atoms with van der Waals surface area (Å²) in [5, 5.41) is 12.2. The van der Waals surface area contributed by atoms with E-state index in [1.807, 2.05) is 60.0 Å². The molecule has 7 nitrogen and oxygen atoms in total. The molecule has 0 bridgehead atoms. The summed E-state index contributed by atoms with van der Waals surface area (Å²) in [5.41, 5.74) is 1.94. The number of rotatable bonds is 9. The van der Waals surface area contributed by atoms with E-state index in [-0.39, 0.29) is 11.7 Å². The second-order valence-corrected chi connectivity index (χ2v) is 7.14. The van der Waals surface area contributed by atoms with Crippen molar-refractivity contribution in [2.24, 2.45) is 0 Å². The molecule has 3 rings (SSSR count). The molecule has 0 fully saturated rings. The van der Waals surface area contributed by atoms with Crippen molar-refractivity contribution in [3.8, 4) is 22.9 Å². The number of nitrogens with zero attached hydrogens (tertiary/aromatic N) is 3. The molecule has 0 radical (unpaired) electrons. The van der Waals surface area contributed by atoms with Gasteiger partial charge in [-0.15, -0.1) is 10.2 Å². The highest BCUT2D eigenvalue weighted by Gasteiger charge is 2.15. The van der Waals surface area contributed by atoms with E-state index in [2.05, 4.69) is 15.5 Å². The molecule has 1 N–H and O–H groups in total. The molecule has 0 spiro atoms. The van der Waals surface area contributed by atoms with E-state index in [0.717, 1.165) is 28.5 Å². The van der Waals surface area contributed by atoms with Gasteiger partial charge in [0.2, 0.25) is 5.91 Å². The molecule has 3 aromatic rings. The van der Waals surface area contributed by atoms with Crippen LogP contribution >= 0.6 is 11.8 Å². The number of methoxy groups -OCH3 is 2. The Labute approximate surface area is 174 Å². The Morgan fingerprint density at radius 1 is 1.07 bits per heavy atom. The van der Waals surface area contributed by atoms with Gasteiger partial charge in [0.15, 0.2) is 11.0 Å². The summed E-state index contributed by atoms with van der Waals surface area (Å²) in [5.74, 6) is 2.53. The fraction of sp³-hybridized carbons (Fsp3) is 0.286. The maximum atomic E-state index is 12.2. The molecule has 1 heterocycles. The first-order valence-corrected chi connectivity index (χ1v) is 10.2. The molecule has 29 heavy (non-hydrogen) atoms. The summed E-state index contributed by atoms with van der Waals surface area (Å²) in [6.07, 6.45) is 0. The zero-order chi connectivity index (χ0) is 20.6. The lowest BCUT2D eigenvalue weighted by Crippen LogP contribution is -2.24. The van der Waals surface area contributed by atoms with Crippen LogP contribution in [0.3, 0.4) is 0 Å². The Balaban J connectivity index is 1.59. The fourth-order valence-electron chi connectivity index (χ4n) is 2.78. The van der Waals surface area contributed by atoms with Crippen molar-refractivity contribution in [1.82, 2.24) is 20.1 Å². The zero-order valence-corrected chi connectivity index (χ0v) is 17.5. The van der Waals surface area contributed by atoms with Gasteiger partial charge in [-0.3, -0.25) is 4.79 Å². The van der Waals surface area contributed by atoms with Crippen LogP contribution in [-0.2, 0) is 17.9 Å². The minimum Gasteiger partial charge on any atom is -0.497 e. The van der Waals surface area contributed by atoms with E-state index in [9.17, 15) is 4.79 Å². The van der Waals surface area contributed by atoms with Crippen LogP contribution in [0.5, 0.6) is 11.5 Å². The van der Waals surface area contributed by atoms with E-state index in [1.54, 1.807) is 14.2 Å². The first kappa shape index (κ1) is 20.7. The van der Waals surface area contributed by atoms with Gasteiger partial charge >= 0.3 is 0 Å². The van der Waals surface area contributed by atoms with Crippen LogP contribution in [0.1, 0.15) is 12.5 Å². The summed E-state index contributed by atoms with van der Waals surface area (Å²) in [4.78, 5) is 12.2. The third-order valence-electron chi connectivity index (χ3n) is 4.34. The van der Waals surface area contributed by atoms with Gasteiger partial charge in [-0.05, 0) is 36.8 Å². The Morgan fingerprint density at radius 3 is 2.52 bits per heavy atom. The standard InChI is InChI=1S/C21H24N4O3S/c1-4-25-20(16-6-5-7-18(12-16)28-3)23-24-21(25)29-14-19(26)22-13-15-8-10-17(27-2)11-9-15/h5-12H,4,13-14H2,1-3H3,(H,22,26). The molecular weight excluding hydrogens is 388 g/mol. The van der Waals surface area contributed by atoms with E-state index in [1.165, 1.54) is 11.8 Å². The van der Waals surface area contributed by atoms with Crippen molar-refractivity contribution in [2.75, 3.05) is 20.0 Å². The van der Waals surface area contributed by atoms with Gasteiger partial charge in [0, 0.05) is 18.7 Å². The van der Waals surface area contributed by atoms with E-state index in [0.29, 0.717) is 18.2 Å². The highest BCUT2D eigenvalue weighted by Crippen LogP contribution is 2.26. The van der Waals surface area contributed by atoms with Crippen LogP contribution in [0.25, 0.3) is 11.4 Å². The van der Waals surface area contributed by atoms with Gasteiger partial charge < -0.3 is 19.4 Å². The summed E-state index contributed by atoms with van der Waals surface area (Å²) in [7, 11) is 3.26. The molecule has 0 atom stereocenters. The number of thioether (sulfide) groups is 1. The highest BCUT2D eigenvalue weighted by molar-refractivity contribution is 7.99. The average Bonchev–Trinajstić information content (AvgIpc) is 3.19. The van der Waals surface area contributed by atoms with Crippen LogP contribution in [-0.4, -0.2) is 40.6 Å². The molecule has 0 saturated carbocycles. The normalized spacial score (nSPS) is 10.6. The largest absolute Gasteiger partial charge is 0.497 e. The van der Waals surface area contributed by atoms with Crippen molar-refractivity contribution in [1.29, 1.82) is 0 Å². The van der Waals surface area contributed by atoms with Gasteiger partial charge in [-0.25, -0.2) is 0 Å². The number of hydrogen-bond donors (Lipinski definition) is 1. The Morgan fingerprint density at radius 2 is 1.83 bits per heavy atom. The van der Waals surface area contributed by atoms with Crippen molar-refractivity contribution >= 4 is 17.7 Å². The Bertz CT molecular complexity index is 957. The van der Waals surface area contributed by atoms with Crippen LogP contribution < -0.4 is 14.8 Å². The smallest absolute Gasteiger partial charge is 0.230 e. The number of carbonyl (C=O) groups excluding carboxylic acids is 1. The summed E-state index contributed by atoms with van der Waals surface area (Å²) in [6, 6.07) is 15.3. The molecule has 0 aliphatic heterocycles. The van der Waals surface area contributed by atoms with Crippen LogP contribution in [0.4, 0.5) is 0 Å². The van der Waals surface area contributed by atoms with E-state index in [4.69, 9.17) is 9.47 Å². The van der Waals surface area contributed by atoms with Gasteiger partial charge in [0.1, 0.15) is 11.5 Å². The lowest BCUT2D eigenvalue weighted by atomic mass is 10.2. The van der Waals surface area contributed by atoms with Crippen molar-refractivity contribution in [3.63, 3.8) is 0 Å². The molecule has 0 aliphatic rings. The van der Waals surface area contributed by atoms with Crippen LogP contribution in [0.2, 0.25) is 0 Å². The minimum absolute atomic E-state index is 0.0561. The summed E-state index contributed by atoms with van der Waals surface area (Å²) >= 11 is 1.37. The maximum Gasteiger partial charge on any atom is 0.230 e. The number of hydrogen-bond acceptors (Lipinski definition) is 6. The lowest BCUT2D eigenvalue weighted by Gasteiger charge is -2.09. The van der Waals surface area contributed by atoms with Crippen molar-refractivity contribution < 1.29 is 14.3 Å². The topological polar surface area (TPSA) is 78.3 Å². The van der Waals surface area contributed by atoms with Crippen LogP contribution in [0, 0.1) is 0 Å². The molecule has 8 heteroatoms. The molecule has 2 aromatic carbocycles. The quantitative estimate of drug-likeness (QED) is 0.543. The molecule has 1 amide bonds. The molecule has 1 aromatic heterocycles. The van der Waals surface area contributed by atoms with Gasteiger partial charge in [-0.2, -0.15) is 0 Å². The second kappa shape index (κ2) is 9.97. The number of amides is 1. The number of ether oxygens (including phenoxy) is 2. The van der Waals surface area contributed by atoms with Crippen LogP contribution in [0.15, 0.2) is 53.7 Å². The predicted octanol–water partition coefficient (Wildman–Crippen LogP) is 3.39. The number of aromatic nitrogens is 3. The lowest BCUT2D eigenvalue weighted by molar-refractivity contribution is -0.118. The first-order chi connectivity index (χ1) is 14.1. The molecule has 0 aliphatic carbocycles. The summed E-state index contributed by atoms with van der Waals surface area (Å²) < 4.78 is 12.4. The molecular formula is C21H24N4O3S. The van der Waals surface area contributed by atoms with Crippen molar-refractivity contribution in [2.45, 2.75) is 25.2 Å². The fourth-order valence-corrected chi connectivity index (χ4v) is 3.61. The van der Waals surface area contributed by atoms with E-state index >= 15 is 0 Å². The third-order valence-corrected chi connectivity index (χ3v) is 5.31. The Hall–Kier alpha value is -3.00. The second-order valence-electron chi connectivity index (χ2n) is 6.20. The predicted molar refractivity (Wildman–Crippen MR) is 113 cm³/mol. The average molecular weight is 413 g/mol. The first-order valence-electron chi connectivity index (χ1n) is 9.24. The zero-order valence-electron chi connectivity index (χ0n) is 16.7. The number of benzene rings is 2. The molecule has 152 valence electrons. The molecule has 0 unspecified atom stereocenters. The number of carbonyl (C=O) groups is 1. The maximum absolute atomic E-state index is 12.2. The van der Waals surface area contributed by atoms with Gasteiger partial charge in [0.05, 0.1) is 20.0 Å². The monoisotopic (exact) mass is 412 g/mol. The van der Waals surface area contributed by atoms with Crippen molar-refractivity contribution in [3.05, 3.63) is 54.1 Å².